The van der Waals surface area contributed by atoms with Gasteiger partial charge in [0.15, 0.2) is 0 Å². The molecule has 2 aliphatic rings. The quantitative estimate of drug-likeness (QED) is 0.494. The van der Waals surface area contributed by atoms with Gasteiger partial charge in [-0.25, -0.2) is 0 Å². The molecule has 1 fully saturated rings. The summed E-state index contributed by atoms with van der Waals surface area (Å²) in [6, 6.07) is 0. The Bertz CT molecular complexity index is 261. The lowest BCUT2D eigenvalue weighted by Crippen LogP contribution is -2.13. The highest BCUT2D eigenvalue weighted by Gasteiger charge is 2.10. The molecule has 1 saturated heterocycles. The maximum Gasteiger partial charge on any atom is 0.00788 e. The van der Waals surface area contributed by atoms with Gasteiger partial charge in [-0.3, -0.25) is 0 Å². The van der Waals surface area contributed by atoms with Gasteiger partial charge in [-0.2, -0.15) is 0 Å². The molecular weight excluding hydrogens is 148 g/mol. The molecule has 2 heteroatoms. The van der Waals surface area contributed by atoms with E-state index in [0.29, 0.717) is 0 Å². The molecule has 0 atom stereocenters. The number of rotatable bonds is 0. The van der Waals surface area contributed by atoms with Crippen molar-refractivity contribution in [2.45, 2.75) is 12.8 Å². The highest BCUT2D eigenvalue weighted by atomic mass is 15.1. The summed E-state index contributed by atoms with van der Waals surface area (Å²) >= 11 is 0. The summed E-state index contributed by atoms with van der Waals surface area (Å²) in [4.78, 5) is 6.43. The van der Waals surface area contributed by atoms with Crippen LogP contribution in [-0.2, 0) is 0 Å². The number of allylic oxidation sites excluding steroid dienone is 3. The van der Waals surface area contributed by atoms with Crippen LogP contribution in [0, 0.1) is 6.42 Å². The van der Waals surface area contributed by atoms with Crippen molar-refractivity contribution in [1.29, 1.82) is 0 Å². The fourth-order valence-corrected chi connectivity index (χ4v) is 1.71. The molecular formula is C10H13N2-. The minimum absolute atomic E-state index is 1.18. The van der Waals surface area contributed by atoms with E-state index in [1.165, 1.54) is 30.7 Å². The van der Waals surface area contributed by atoms with Crippen LogP contribution in [0.4, 0.5) is 0 Å². The van der Waals surface area contributed by atoms with Crippen LogP contribution in [0.25, 0.3) is 0 Å². The average Bonchev–Trinajstić information content (AvgIpc) is 2.53. The second-order valence-corrected chi connectivity index (χ2v) is 3.21. The Kier molecular flexibility index (Phi) is 1.90. The summed E-state index contributed by atoms with van der Waals surface area (Å²) in [5.41, 5.74) is 2.71. The fourth-order valence-electron chi connectivity index (χ4n) is 1.71. The van der Waals surface area contributed by atoms with Gasteiger partial charge >= 0.3 is 0 Å². The number of hydrogen-bond donors (Lipinski definition) is 0. The van der Waals surface area contributed by atoms with Gasteiger partial charge in [-0.05, 0) is 19.9 Å². The fraction of sp³-hybridized carbons (Fsp3) is 0.400. The van der Waals surface area contributed by atoms with E-state index in [2.05, 4.69) is 23.4 Å². The first-order valence-electron chi connectivity index (χ1n) is 4.35. The third-order valence-corrected chi connectivity index (χ3v) is 2.36. The minimum Gasteiger partial charge on any atom is -0.416 e. The first kappa shape index (κ1) is 7.47. The molecule has 0 aromatic rings. The van der Waals surface area contributed by atoms with Crippen molar-refractivity contribution in [1.82, 2.24) is 4.90 Å². The highest BCUT2D eigenvalue weighted by molar-refractivity contribution is 5.84. The minimum atomic E-state index is 1.18. The van der Waals surface area contributed by atoms with E-state index in [-0.39, 0.29) is 0 Å². The molecule has 2 heterocycles. The smallest absolute Gasteiger partial charge is 0.00788 e. The van der Waals surface area contributed by atoms with Crippen LogP contribution in [0.2, 0.25) is 0 Å². The maximum absolute atomic E-state index is 4.12. The number of aliphatic imine (C=N–C) groups is 1. The zero-order valence-electron chi connectivity index (χ0n) is 7.33. The Hall–Kier alpha value is -1.18. The molecule has 0 amide bonds. The van der Waals surface area contributed by atoms with Crippen LogP contribution in [-0.4, -0.2) is 24.7 Å². The lowest BCUT2D eigenvalue weighted by atomic mass is 10.1. The van der Waals surface area contributed by atoms with Crippen molar-refractivity contribution in [3.05, 3.63) is 30.0 Å². The third-order valence-electron chi connectivity index (χ3n) is 2.36. The van der Waals surface area contributed by atoms with Crippen LogP contribution in [0.15, 0.2) is 28.5 Å². The van der Waals surface area contributed by atoms with Gasteiger partial charge in [0, 0.05) is 6.54 Å². The summed E-state index contributed by atoms with van der Waals surface area (Å²) in [6.45, 7) is 1.18. The van der Waals surface area contributed by atoms with Gasteiger partial charge in [-0.15, -0.1) is 18.1 Å². The van der Waals surface area contributed by atoms with Gasteiger partial charge in [0.1, 0.15) is 0 Å². The summed E-state index contributed by atoms with van der Waals surface area (Å²) in [7, 11) is 2.15. The van der Waals surface area contributed by atoms with Gasteiger partial charge in [-0.1, -0.05) is 18.1 Å². The topological polar surface area (TPSA) is 15.6 Å². The van der Waals surface area contributed by atoms with Crippen molar-refractivity contribution in [3.63, 3.8) is 0 Å². The van der Waals surface area contributed by atoms with Gasteiger partial charge in [0.25, 0.3) is 0 Å². The monoisotopic (exact) mass is 161 g/mol. The first-order valence-corrected chi connectivity index (χ1v) is 4.35. The summed E-state index contributed by atoms with van der Waals surface area (Å²) in [6.07, 6.45) is 10.4. The van der Waals surface area contributed by atoms with Crippen molar-refractivity contribution < 1.29 is 0 Å². The molecule has 2 aliphatic heterocycles. The van der Waals surface area contributed by atoms with E-state index in [0.717, 1.165) is 0 Å². The molecule has 0 radical (unpaired) electrons. The molecule has 2 rings (SSSR count). The van der Waals surface area contributed by atoms with Gasteiger partial charge in [0.2, 0.25) is 0 Å². The molecule has 0 unspecified atom stereocenters. The zero-order chi connectivity index (χ0) is 8.39. The summed E-state index contributed by atoms with van der Waals surface area (Å²) in [5.74, 6) is 0. The lowest BCUT2D eigenvalue weighted by Gasteiger charge is -2.22. The van der Waals surface area contributed by atoms with Crippen molar-refractivity contribution in [2.75, 3.05) is 13.6 Å². The predicted molar refractivity (Wildman–Crippen MR) is 50.8 cm³/mol. The molecule has 0 bridgehead atoms. The Morgan fingerprint density at radius 2 is 2.50 bits per heavy atom. The molecule has 0 aromatic heterocycles. The van der Waals surface area contributed by atoms with E-state index in [1.807, 2.05) is 18.5 Å². The Morgan fingerprint density at radius 3 is 3.08 bits per heavy atom. The predicted octanol–water partition coefficient (Wildman–Crippen LogP) is 1.77. The largest absolute Gasteiger partial charge is 0.416 e. The summed E-state index contributed by atoms with van der Waals surface area (Å²) < 4.78 is 0. The average molecular weight is 161 g/mol. The number of likely N-dealkylation sites (tertiary alicyclic amines) is 1. The molecule has 2 nitrogen and oxygen atoms in total. The van der Waals surface area contributed by atoms with Crippen LogP contribution in [0.1, 0.15) is 12.8 Å². The molecule has 0 aliphatic carbocycles. The second-order valence-electron chi connectivity index (χ2n) is 3.21. The zero-order valence-corrected chi connectivity index (χ0v) is 7.33. The van der Waals surface area contributed by atoms with E-state index in [4.69, 9.17) is 0 Å². The second kappa shape index (κ2) is 3.05. The SMILES string of the molecule is CN1CCC/C1=C1/C=NC=C[CH-]1. The number of nitrogens with zero attached hydrogens (tertiary/aromatic N) is 2. The third kappa shape index (κ3) is 1.24. The van der Waals surface area contributed by atoms with E-state index >= 15 is 0 Å². The van der Waals surface area contributed by atoms with Gasteiger partial charge < -0.3 is 9.89 Å². The molecule has 0 aromatic carbocycles. The van der Waals surface area contributed by atoms with E-state index in [9.17, 15) is 0 Å². The lowest BCUT2D eigenvalue weighted by molar-refractivity contribution is 0.479. The van der Waals surface area contributed by atoms with Crippen LogP contribution in [0.3, 0.4) is 0 Å². The van der Waals surface area contributed by atoms with Crippen molar-refractivity contribution >= 4 is 6.21 Å². The molecule has 12 heavy (non-hydrogen) atoms. The van der Waals surface area contributed by atoms with E-state index in [1.54, 1.807) is 0 Å². The normalized spacial score (nSPS) is 27.9. The molecule has 0 spiro atoms. The Morgan fingerprint density at radius 1 is 1.58 bits per heavy atom. The number of hydrogen-bond acceptors (Lipinski definition) is 2. The highest BCUT2D eigenvalue weighted by Crippen LogP contribution is 2.23. The molecule has 0 N–H and O–H groups in total. The van der Waals surface area contributed by atoms with Crippen LogP contribution in [0.5, 0.6) is 0 Å². The maximum atomic E-state index is 4.12. The van der Waals surface area contributed by atoms with Crippen LogP contribution >= 0.6 is 0 Å². The molecule has 0 saturated carbocycles. The Labute approximate surface area is 73.3 Å². The van der Waals surface area contributed by atoms with E-state index < -0.39 is 0 Å². The standard InChI is InChI=1S/C10H13N2/c1-12-7-3-5-10(12)9-4-2-6-11-8-9/h2,4,6,8H,3,5,7H2,1H3/q-1/b10-9-. The van der Waals surface area contributed by atoms with Gasteiger partial charge in [0.05, 0.1) is 0 Å². The van der Waals surface area contributed by atoms with Crippen LogP contribution < -0.4 is 0 Å². The molecule has 64 valence electrons. The first-order chi connectivity index (χ1) is 5.88. The Balaban J connectivity index is 2.24. The summed E-state index contributed by atoms with van der Waals surface area (Å²) in [5, 5.41) is 0. The van der Waals surface area contributed by atoms with Crippen molar-refractivity contribution in [3.8, 4) is 0 Å². The van der Waals surface area contributed by atoms with Crippen molar-refractivity contribution in [2.24, 2.45) is 4.99 Å².